The molecule has 1 atom stereocenters. The quantitative estimate of drug-likeness (QED) is 0.699. The number of nitrogens with zero attached hydrogens (tertiary/aromatic N) is 2. The van der Waals surface area contributed by atoms with E-state index in [0.29, 0.717) is 0 Å². The number of rotatable bonds is 0. The summed E-state index contributed by atoms with van der Waals surface area (Å²) >= 11 is 0. The van der Waals surface area contributed by atoms with E-state index in [2.05, 4.69) is 93.0 Å². The Kier molecular flexibility index (Phi) is 3.50. The van der Waals surface area contributed by atoms with Gasteiger partial charge in [-0.25, -0.2) is 4.57 Å². The van der Waals surface area contributed by atoms with Crippen LogP contribution in [0, 0.1) is 6.92 Å². The molecule has 1 aromatic heterocycles. The summed E-state index contributed by atoms with van der Waals surface area (Å²) in [7, 11) is 4.18. The molecule has 3 heterocycles. The SMILES string of the molecule is Cc1c2c(cc[n+]1C)C=CC1(O2)N(C)c2ccccc2C1(C)C.[OH-]. The summed E-state index contributed by atoms with van der Waals surface area (Å²) in [5.74, 6) is 0.977. The van der Waals surface area contributed by atoms with Crippen LogP contribution in [0.2, 0.25) is 0 Å². The number of benzene rings is 1. The Morgan fingerprint density at radius 1 is 1.12 bits per heavy atom. The highest BCUT2D eigenvalue weighted by molar-refractivity contribution is 5.71. The summed E-state index contributed by atoms with van der Waals surface area (Å²) in [4.78, 5) is 2.27. The minimum absolute atomic E-state index is 0. The molecule has 1 unspecified atom stereocenters. The highest BCUT2D eigenvalue weighted by Gasteiger charge is 2.58. The number of fused-ring (bicyclic) bond motifs is 2. The number of aryl methyl sites for hydroxylation is 1. The molecule has 2 aliphatic rings. The molecule has 0 saturated heterocycles. The summed E-state index contributed by atoms with van der Waals surface area (Å²) in [6.45, 7) is 6.65. The van der Waals surface area contributed by atoms with Crippen LogP contribution in [0.1, 0.15) is 30.7 Å². The molecule has 4 heteroatoms. The molecular weight excluding hydrogens is 300 g/mol. The molecule has 1 spiro atoms. The molecule has 2 aliphatic heterocycles. The van der Waals surface area contributed by atoms with Crippen LogP contribution < -0.4 is 14.2 Å². The fourth-order valence-electron chi connectivity index (χ4n) is 4.01. The monoisotopic (exact) mass is 324 g/mol. The number of hydrogen-bond donors (Lipinski definition) is 0. The van der Waals surface area contributed by atoms with Crippen LogP contribution in [-0.4, -0.2) is 18.2 Å². The van der Waals surface area contributed by atoms with Gasteiger partial charge in [0, 0.05) is 31.3 Å². The first-order chi connectivity index (χ1) is 10.9. The number of para-hydroxylation sites is 1. The summed E-state index contributed by atoms with van der Waals surface area (Å²) in [5.41, 5.74) is 4.21. The molecule has 1 aromatic carbocycles. The Balaban J connectivity index is 0.00000169. The maximum absolute atomic E-state index is 6.72. The molecule has 2 aromatic rings. The summed E-state index contributed by atoms with van der Waals surface area (Å²) < 4.78 is 8.83. The Hall–Kier alpha value is -2.33. The molecular formula is C20H24N2O2. The number of ether oxygens (including phenoxy) is 1. The van der Waals surface area contributed by atoms with Gasteiger partial charge in [-0.3, -0.25) is 0 Å². The maximum Gasteiger partial charge on any atom is 0.221 e. The van der Waals surface area contributed by atoms with Crippen molar-refractivity contribution in [3.63, 3.8) is 0 Å². The van der Waals surface area contributed by atoms with Crippen LogP contribution >= 0.6 is 0 Å². The van der Waals surface area contributed by atoms with Gasteiger partial charge in [-0.05, 0) is 37.6 Å². The van der Waals surface area contributed by atoms with Crippen molar-refractivity contribution in [2.45, 2.75) is 31.9 Å². The molecule has 0 bridgehead atoms. The minimum atomic E-state index is -0.497. The van der Waals surface area contributed by atoms with Gasteiger partial charge >= 0.3 is 0 Å². The van der Waals surface area contributed by atoms with E-state index in [9.17, 15) is 0 Å². The lowest BCUT2D eigenvalue weighted by Crippen LogP contribution is -2.58. The second-order valence-corrected chi connectivity index (χ2v) is 7.13. The van der Waals surface area contributed by atoms with Crippen LogP contribution in [-0.2, 0) is 12.5 Å². The third-order valence-electron chi connectivity index (χ3n) is 5.68. The molecule has 0 radical (unpaired) electrons. The fraction of sp³-hybridized carbons (Fsp3) is 0.350. The van der Waals surface area contributed by atoms with Gasteiger partial charge in [-0.2, -0.15) is 0 Å². The Bertz CT molecular complexity index is 842. The Labute approximate surface area is 143 Å². The van der Waals surface area contributed by atoms with E-state index in [-0.39, 0.29) is 10.9 Å². The lowest BCUT2D eigenvalue weighted by atomic mass is 9.76. The molecule has 4 rings (SSSR count). The van der Waals surface area contributed by atoms with Gasteiger partial charge in [-0.1, -0.05) is 18.2 Å². The minimum Gasteiger partial charge on any atom is -0.870 e. The fourth-order valence-corrected chi connectivity index (χ4v) is 4.01. The van der Waals surface area contributed by atoms with Crippen molar-refractivity contribution in [3.8, 4) is 5.75 Å². The summed E-state index contributed by atoms with van der Waals surface area (Å²) in [6.07, 6.45) is 6.50. The van der Waals surface area contributed by atoms with Gasteiger partial charge in [0.05, 0.1) is 5.41 Å². The van der Waals surface area contributed by atoms with Crippen molar-refractivity contribution in [3.05, 3.63) is 59.4 Å². The van der Waals surface area contributed by atoms with E-state index < -0.39 is 5.72 Å². The predicted molar refractivity (Wildman–Crippen MR) is 94.6 cm³/mol. The zero-order valence-corrected chi connectivity index (χ0v) is 14.9. The Morgan fingerprint density at radius 3 is 2.54 bits per heavy atom. The molecule has 1 N–H and O–H groups in total. The van der Waals surface area contributed by atoms with Crippen LogP contribution in [0.4, 0.5) is 5.69 Å². The number of anilines is 1. The zero-order chi connectivity index (χ0) is 16.4. The van der Waals surface area contributed by atoms with Crippen LogP contribution in [0.5, 0.6) is 5.75 Å². The topological polar surface area (TPSA) is 46.4 Å². The standard InChI is InChI=1S/C20H23N2O.H2O/c1-14-18-15(11-13-21(14)4)10-12-20(23-18)19(2,3)16-8-6-7-9-17(16)22(20)5;/h6-13H,1-5H3;1H2/q+1;/p-1. The molecule has 126 valence electrons. The Morgan fingerprint density at radius 2 is 1.83 bits per heavy atom. The third-order valence-corrected chi connectivity index (χ3v) is 5.68. The van der Waals surface area contributed by atoms with Crippen molar-refractivity contribution < 1.29 is 14.8 Å². The summed E-state index contributed by atoms with van der Waals surface area (Å²) in [6, 6.07) is 10.7. The smallest absolute Gasteiger partial charge is 0.221 e. The number of hydrogen-bond acceptors (Lipinski definition) is 3. The van der Waals surface area contributed by atoms with Gasteiger partial charge in [0.1, 0.15) is 7.05 Å². The van der Waals surface area contributed by atoms with Crippen molar-refractivity contribution >= 4 is 11.8 Å². The molecule has 0 aliphatic carbocycles. The molecule has 4 nitrogen and oxygen atoms in total. The predicted octanol–water partition coefficient (Wildman–Crippen LogP) is 3.17. The van der Waals surface area contributed by atoms with Gasteiger partial charge in [0.2, 0.25) is 11.4 Å². The van der Waals surface area contributed by atoms with Crippen molar-refractivity contribution in [2.24, 2.45) is 7.05 Å². The molecule has 0 saturated carbocycles. The molecule has 0 fully saturated rings. The average molecular weight is 324 g/mol. The first-order valence-corrected chi connectivity index (χ1v) is 8.09. The number of likely N-dealkylation sites (N-methyl/N-ethyl adjacent to an activating group) is 1. The molecule has 24 heavy (non-hydrogen) atoms. The van der Waals surface area contributed by atoms with Crippen LogP contribution in [0.3, 0.4) is 0 Å². The van der Waals surface area contributed by atoms with E-state index >= 15 is 0 Å². The van der Waals surface area contributed by atoms with E-state index in [1.165, 1.54) is 11.3 Å². The zero-order valence-electron chi connectivity index (χ0n) is 14.9. The largest absolute Gasteiger partial charge is 0.870 e. The van der Waals surface area contributed by atoms with Gasteiger partial charge < -0.3 is 15.1 Å². The van der Waals surface area contributed by atoms with Gasteiger partial charge in [0.15, 0.2) is 11.9 Å². The van der Waals surface area contributed by atoms with Gasteiger partial charge in [-0.15, -0.1) is 0 Å². The van der Waals surface area contributed by atoms with E-state index in [1.807, 2.05) is 0 Å². The van der Waals surface area contributed by atoms with E-state index in [0.717, 1.165) is 17.0 Å². The second-order valence-electron chi connectivity index (χ2n) is 7.13. The first kappa shape index (κ1) is 16.5. The lowest BCUT2D eigenvalue weighted by Gasteiger charge is -2.45. The van der Waals surface area contributed by atoms with Crippen molar-refractivity contribution in [1.29, 1.82) is 0 Å². The average Bonchev–Trinajstić information content (AvgIpc) is 2.71. The van der Waals surface area contributed by atoms with E-state index in [1.54, 1.807) is 0 Å². The van der Waals surface area contributed by atoms with Crippen LogP contribution in [0.25, 0.3) is 6.08 Å². The third kappa shape index (κ3) is 1.80. The number of pyridine rings is 1. The van der Waals surface area contributed by atoms with Crippen LogP contribution in [0.15, 0.2) is 42.6 Å². The normalized spacial score (nSPS) is 22.6. The second kappa shape index (κ2) is 5.08. The highest BCUT2D eigenvalue weighted by Crippen LogP contribution is 2.54. The maximum atomic E-state index is 6.72. The number of aromatic nitrogens is 1. The highest BCUT2D eigenvalue weighted by atomic mass is 16.5. The van der Waals surface area contributed by atoms with Gasteiger partial charge in [0.25, 0.3) is 0 Å². The van der Waals surface area contributed by atoms with E-state index in [4.69, 9.17) is 4.74 Å². The first-order valence-electron chi connectivity index (χ1n) is 8.09. The lowest BCUT2D eigenvalue weighted by molar-refractivity contribution is -0.678. The van der Waals surface area contributed by atoms with Crippen molar-refractivity contribution in [1.82, 2.24) is 0 Å². The van der Waals surface area contributed by atoms with Crippen molar-refractivity contribution in [2.75, 3.05) is 11.9 Å². The molecule has 0 amide bonds. The summed E-state index contributed by atoms with van der Waals surface area (Å²) in [5, 5.41) is 0.